The largest absolute Gasteiger partial charge is 0.344 e. The molecule has 5 heteroatoms. The minimum atomic E-state index is -0.186. The van der Waals surface area contributed by atoms with Gasteiger partial charge in [0.25, 0.3) is 0 Å². The van der Waals surface area contributed by atoms with Gasteiger partial charge in [0.2, 0.25) is 0 Å². The van der Waals surface area contributed by atoms with Gasteiger partial charge in [-0.2, -0.15) is 5.06 Å². The molecular weight excluding hydrogens is 281 g/mol. The fourth-order valence-corrected chi connectivity index (χ4v) is 4.40. The van der Waals surface area contributed by atoms with Gasteiger partial charge in [-0.15, -0.1) is 12.8 Å². The normalized spacial score (nSPS) is 53.1. The van der Waals surface area contributed by atoms with E-state index >= 15 is 0 Å². The number of nitrogens with zero attached hydrogens (tertiary/aromatic N) is 2. The maximum absolute atomic E-state index is 10.3. The molecule has 2 atom stereocenters. The number of hydrogen-bond donors (Lipinski definition) is 2. The molecule has 0 aromatic heterocycles. The van der Waals surface area contributed by atoms with E-state index in [2.05, 4.69) is 20.8 Å². The van der Waals surface area contributed by atoms with E-state index in [0.717, 1.165) is 31.7 Å². The van der Waals surface area contributed by atoms with Gasteiger partial charge < -0.3 is 15.5 Å². The summed E-state index contributed by atoms with van der Waals surface area (Å²) in [7, 11) is 0. The van der Waals surface area contributed by atoms with Gasteiger partial charge >= 0.3 is 0 Å². The van der Waals surface area contributed by atoms with Crippen molar-refractivity contribution in [3.05, 3.63) is 6.04 Å². The molecule has 0 spiro atoms. The summed E-state index contributed by atoms with van der Waals surface area (Å²) in [5.41, 5.74) is -0.558. The van der Waals surface area contributed by atoms with E-state index in [9.17, 15) is 10.4 Å². The molecule has 2 unspecified atom stereocenters. The Labute approximate surface area is 122 Å². The number of piperidine rings is 4. The second-order valence-electron chi connectivity index (χ2n) is 6.39. The zero-order chi connectivity index (χ0) is 11.1. The topological polar surface area (TPSA) is 46.9 Å². The summed E-state index contributed by atoms with van der Waals surface area (Å²) < 4.78 is 0. The predicted molar refractivity (Wildman–Crippen MR) is 54.2 cm³/mol. The van der Waals surface area contributed by atoms with E-state index in [1.807, 2.05) is 0 Å². The summed E-state index contributed by atoms with van der Waals surface area (Å²) in [6.45, 7) is 6.28. The van der Waals surface area contributed by atoms with E-state index in [-0.39, 0.29) is 49.3 Å². The van der Waals surface area contributed by atoms with Crippen LogP contribution >= 0.6 is 0 Å². The molecule has 0 aromatic rings. The number of hydrogen-bond acceptors (Lipinski definition) is 4. The SMILES string of the molecule is CC12CC3(C)C[C-](CC(C)(C1)N3O)N2O.[Y]. The first-order valence-electron chi connectivity index (χ1n) is 5.62. The number of rotatable bonds is 0. The quantitative estimate of drug-likeness (QED) is 0.670. The Morgan fingerprint density at radius 3 is 1.75 bits per heavy atom. The average Bonchev–Trinajstić information content (AvgIpc) is 2.07. The first-order valence-corrected chi connectivity index (χ1v) is 5.62. The first-order chi connectivity index (χ1) is 6.79. The van der Waals surface area contributed by atoms with Crippen LogP contribution in [-0.4, -0.2) is 37.2 Å². The molecule has 0 aliphatic carbocycles. The fourth-order valence-electron chi connectivity index (χ4n) is 4.40. The summed E-state index contributed by atoms with van der Waals surface area (Å²) in [4.78, 5) is 0. The van der Waals surface area contributed by atoms with E-state index in [1.165, 1.54) is 5.06 Å². The zero-order valence-corrected chi connectivity index (χ0v) is 13.0. The summed E-state index contributed by atoms with van der Waals surface area (Å²) in [5.74, 6) is 0. The Bertz CT molecular complexity index is 301. The molecule has 4 saturated heterocycles. The van der Waals surface area contributed by atoms with Crippen molar-refractivity contribution in [2.75, 3.05) is 0 Å². The Balaban J connectivity index is 0.000000963. The molecule has 1 radical (unpaired) electrons. The van der Waals surface area contributed by atoms with Crippen molar-refractivity contribution in [2.24, 2.45) is 0 Å². The molecule has 0 saturated carbocycles. The Morgan fingerprint density at radius 2 is 1.38 bits per heavy atom. The van der Waals surface area contributed by atoms with Crippen LogP contribution in [0.2, 0.25) is 0 Å². The number of hydroxylamine groups is 4. The molecule has 4 rings (SSSR count). The maximum Gasteiger partial charge on any atom is 0.0200 e. The predicted octanol–water partition coefficient (Wildman–Crippen LogP) is 1.78. The van der Waals surface area contributed by atoms with E-state index < -0.39 is 0 Å². The summed E-state index contributed by atoms with van der Waals surface area (Å²) >= 11 is 0. The van der Waals surface area contributed by atoms with Gasteiger partial charge in [-0.1, -0.05) is 0 Å². The van der Waals surface area contributed by atoms with Gasteiger partial charge in [0.15, 0.2) is 0 Å². The van der Waals surface area contributed by atoms with Crippen molar-refractivity contribution in [2.45, 2.75) is 63.1 Å². The molecule has 4 nitrogen and oxygen atoms in total. The molecule has 16 heavy (non-hydrogen) atoms. The van der Waals surface area contributed by atoms with Crippen molar-refractivity contribution in [1.29, 1.82) is 0 Å². The molecule has 4 aliphatic rings. The van der Waals surface area contributed by atoms with Gasteiger partial charge in [-0.05, 0) is 33.6 Å². The molecule has 4 aliphatic heterocycles. The standard InChI is InChI=1S/C11H19N2O2.Y/c1-9-4-8-5-10(2,13(9)15)7-11(3,6-9)12(8)14;/h14-15H,4-7H2,1-3H3;/q-1;. The maximum atomic E-state index is 10.3. The van der Waals surface area contributed by atoms with E-state index in [0.29, 0.717) is 0 Å². The molecule has 89 valence electrons. The Kier molecular flexibility index (Phi) is 2.92. The average molecular weight is 300 g/mol. The van der Waals surface area contributed by atoms with Crippen LogP contribution in [0.5, 0.6) is 0 Å². The third-order valence-electron chi connectivity index (χ3n) is 4.53. The van der Waals surface area contributed by atoms with Crippen LogP contribution in [0.15, 0.2) is 0 Å². The van der Waals surface area contributed by atoms with Crippen LogP contribution in [0, 0.1) is 6.04 Å². The van der Waals surface area contributed by atoms with Gasteiger partial charge in [0.1, 0.15) is 0 Å². The van der Waals surface area contributed by atoms with Gasteiger partial charge in [0, 0.05) is 49.3 Å². The summed E-state index contributed by atoms with van der Waals surface area (Å²) in [6.07, 6.45) is 3.22. The Morgan fingerprint density at radius 1 is 0.938 bits per heavy atom. The van der Waals surface area contributed by atoms with Crippen molar-refractivity contribution in [1.82, 2.24) is 10.1 Å². The van der Waals surface area contributed by atoms with Crippen LogP contribution < -0.4 is 0 Å². The van der Waals surface area contributed by atoms with Crippen LogP contribution in [-0.2, 0) is 32.7 Å². The molecule has 4 bridgehead atoms. The van der Waals surface area contributed by atoms with Crippen molar-refractivity contribution in [3.8, 4) is 0 Å². The monoisotopic (exact) mass is 300 g/mol. The van der Waals surface area contributed by atoms with Crippen LogP contribution in [0.1, 0.15) is 46.5 Å². The smallest absolute Gasteiger partial charge is 0.0200 e. The van der Waals surface area contributed by atoms with Gasteiger partial charge in [0.05, 0.1) is 0 Å². The van der Waals surface area contributed by atoms with Crippen molar-refractivity contribution >= 4 is 0 Å². The van der Waals surface area contributed by atoms with Crippen LogP contribution in [0.3, 0.4) is 0 Å². The molecule has 0 amide bonds. The summed E-state index contributed by atoms with van der Waals surface area (Å²) in [6, 6.07) is 1.09. The van der Waals surface area contributed by atoms with Gasteiger partial charge in [-0.25, -0.2) is 6.04 Å². The second-order valence-corrected chi connectivity index (χ2v) is 6.39. The molecule has 4 heterocycles. The molecule has 0 aromatic carbocycles. The van der Waals surface area contributed by atoms with Gasteiger partial charge in [-0.3, -0.25) is 0 Å². The molecular formula is C11H19N2O2Y-. The van der Waals surface area contributed by atoms with E-state index in [1.54, 1.807) is 5.06 Å². The van der Waals surface area contributed by atoms with E-state index in [4.69, 9.17) is 0 Å². The second kappa shape index (κ2) is 3.49. The third-order valence-corrected chi connectivity index (χ3v) is 4.53. The minimum absolute atomic E-state index is 0. The van der Waals surface area contributed by atoms with Crippen molar-refractivity contribution < 1.29 is 43.1 Å². The third kappa shape index (κ3) is 1.44. The minimum Gasteiger partial charge on any atom is -0.344 e. The molecule has 2 N–H and O–H groups in total. The molecule has 4 fully saturated rings. The first kappa shape index (κ1) is 13.4. The zero-order valence-electron chi connectivity index (χ0n) is 10.2. The fraction of sp³-hybridized carbons (Fsp3) is 0.909. The van der Waals surface area contributed by atoms with Crippen LogP contribution in [0.4, 0.5) is 0 Å². The Hall–Kier alpha value is 0.944. The summed E-state index contributed by atoms with van der Waals surface area (Å²) in [5, 5.41) is 23.4. The van der Waals surface area contributed by atoms with Crippen LogP contribution in [0.25, 0.3) is 0 Å². The van der Waals surface area contributed by atoms with Crippen molar-refractivity contribution in [3.63, 3.8) is 0 Å².